The topological polar surface area (TPSA) is 127 Å². The summed E-state index contributed by atoms with van der Waals surface area (Å²) in [6, 6.07) is 7.32. The highest BCUT2D eigenvalue weighted by Gasteiger charge is 2.45. The number of hydrogen-bond acceptors (Lipinski definition) is 11. The zero-order valence-electron chi connectivity index (χ0n) is 21.9. The molecule has 2 aromatic carbocycles. The van der Waals surface area contributed by atoms with Gasteiger partial charge in [-0.2, -0.15) is 21.6 Å². The second kappa shape index (κ2) is 12.7. The predicted molar refractivity (Wildman–Crippen MR) is 153 cm³/mol. The quantitative estimate of drug-likeness (QED) is 0.188. The van der Waals surface area contributed by atoms with Crippen LogP contribution < -0.4 is 19.4 Å². The monoisotopic (exact) mass is 692 g/mol. The van der Waals surface area contributed by atoms with Crippen molar-refractivity contribution in [2.24, 2.45) is 0 Å². The van der Waals surface area contributed by atoms with Gasteiger partial charge in [-0.15, -0.1) is 11.3 Å². The van der Waals surface area contributed by atoms with Crippen LogP contribution in [0, 0.1) is 5.82 Å². The molecule has 4 aromatic rings. The lowest BCUT2D eigenvalue weighted by molar-refractivity contribution is -0.199. The van der Waals surface area contributed by atoms with E-state index in [0.29, 0.717) is 47.5 Å². The third kappa shape index (κ3) is 6.81. The van der Waals surface area contributed by atoms with Crippen LogP contribution in [0.2, 0.25) is 10.0 Å². The fourth-order valence-electron chi connectivity index (χ4n) is 3.94. The molecule has 0 saturated carbocycles. The Morgan fingerprint density at radius 1 is 1.07 bits per heavy atom. The predicted octanol–water partition coefficient (Wildman–Crippen LogP) is 5.46. The van der Waals surface area contributed by atoms with Crippen LogP contribution in [0.25, 0.3) is 11.3 Å². The number of aromatic nitrogens is 3. The molecule has 1 aliphatic rings. The molecule has 0 aliphatic carbocycles. The molecule has 1 N–H and O–H groups in total. The summed E-state index contributed by atoms with van der Waals surface area (Å²) in [5.41, 5.74) is 1.85. The van der Waals surface area contributed by atoms with E-state index in [1.165, 1.54) is 12.1 Å². The maximum Gasteiger partial charge on any atom is 0.493 e. The van der Waals surface area contributed by atoms with Crippen molar-refractivity contribution >= 4 is 62.3 Å². The Morgan fingerprint density at radius 3 is 2.50 bits per heavy atom. The van der Waals surface area contributed by atoms with Gasteiger partial charge in [0.25, 0.3) is 10.0 Å². The Morgan fingerprint density at radius 2 is 1.82 bits per heavy atom. The van der Waals surface area contributed by atoms with Crippen LogP contribution in [0.4, 0.5) is 29.3 Å². The van der Waals surface area contributed by atoms with Crippen LogP contribution in [0.5, 0.6) is 11.5 Å². The van der Waals surface area contributed by atoms with Crippen LogP contribution in [0.1, 0.15) is 0 Å². The van der Waals surface area contributed by atoms with Crippen LogP contribution in [-0.2, 0) is 19.7 Å². The molecule has 5 rings (SSSR count). The molecule has 232 valence electrons. The SMILES string of the molecule is O=C(ON(c1cscn1)S(=O)(=O)c1cc(Cl)c(Oc2ccc(Cl)cc2-c2ccnc(N3CCNCC3)n2)cc1F)C(F)(F)F. The number of carbonyl (C=O) groups excluding carboxylic acids is 1. The fraction of sp³-hybridized carbons (Fsp3) is 0.200. The Hall–Kier alpha value is -3.77. The number of anilines is 2. The lowest BCUT2D eigenvalue weighted by Gasteiger charge is -2.27. The molecular formula is C25H18Cl2F4N6O5S2. The minimum Gasteiger partial charge on any atom is -0.455 e. The number of benzene rings is 2. The average Bonchev–Trinajstić information content (AvgIpc) is 3.52. The summed E-state index contributed by atoms with van der Waals surface area (Å²) < 4.78 is 86.0. The maximum atomic E-state index is 15.4. The highest BCUT2D eigenvalue weighted by molar-refractivity contribution is 7.92. The number of thiazole rings is 1. The summed E-state index contributed by atoms with van der Waals surface area (Å²) in [7, 11) is -5.32. The zero-order valence-corrected chi connectivity index (χ0v) is 25.0. The summed E-state index contributed by atoms with van der Waals surface area (Å²) in [5, 5.41) is 4.08. The first-order valence-electron chi connectivity index (χ1n) is 12.3. The normalized spacial score (nSPS) is 13.9. The first-order valence-corrected chi connectivity index (χ1v) is 15.5. The zero-order chi connectivity index (χ0) is 31.6. The number of rotatable bonds is 8. The number of hydrogen-bond donors (Lipinski definition) is 1. The van der Waals surface area contributed by atoms with Crippen molar-refractivity contribution < 1.29 is 40.3 Å². The lowest BCUT2D eigenvalue weighted by atomic mass is 10.1. The highest BCUT2D eigenvalue weighted by Crippen LogP contribution is 2.40. The van der Waals surface area contributed by atoms with Crippen LogP contribution in [0.3, 0.4) is 0 Å². The van der Waals surface area contributed by atoms with Gasteiger partial charge >= 0.3 is 12.1 Å². The lowest BCUT2D eigenvalue weighted by Crippen LogP contribution is -2.44. The Balaban J connectivity index is 1.49. The number of alkyl halides is 3. The van der Waals surface area contributed by atoms with Gasteiger partial charge in [-0.25, -0.2) is 24.1 Å². The summed E-state index contributed by atoms with van der Waals surface area (Å²) in [5.74, 6) is -4.86. The molecule has 1 fully saturated rings. The smallest absolute Gasteiger partial charge is 0.455 e. The van der Waals surface area contributed by atoms with Crippen LogP contribution in [-0.4, -0.2) is 61.7 Å². The molecule has 2 aromatic heterocycles. The van der Waals surface area contributed by atoms with E-state index in [2.05, 4.69) is 25.1 Å². The van der Waals surface area contributed by atoms with Gasteiger partial charge in [-0.05, 0) is 30.3 Å². The van der Waals surface area contributed by atoms with Crippen LogP contribution >= 0.6 is 34.5 Å². The molecule has 44 heavy (non-hydrogen) atoms. The highest BCUT2D eigenvalue weighted by atomic mass is 35.5. The molecule has 3 heterocycles. The third-order valence-corrected chi connectivity index (χ3v) is 8.64. The molecule has 0 unspecified atom stereocenters. The number of halogens is 6. The molecule has 1 aliphatic heterocycles. The van der Waals surface area contributed by atoms with E-state index in [4.69, 9.17) is 27.9 Å². The van der Waals surface area contributed by atoms with E-state index in [-0.39, 0.29) is 11.5 Å². The molecule has 11 nitrogen and oxygen atoms in total. The van der Waals surface area contributed by atoms with E-state index in [1.807, 2.05) is 4.90 Å². The molecular weight excluding hydrogens is 675 g/mol. The summed E-state index contributed by atoms with van der Waals surface area (Å²) >= 11 is 13.3. The summed E-state index contributed by atoms with van der Waals surface area (Å²) in [4.78, 5) is 28.9. The Bertz CT molecular complexity index is 1790. The van der Waals surface area contributed by atoms with Crippen molar-refractivity contribution in [3.05, 3.63) is 69.3 Å². The second-order valence-corrected chi connectivity index (χ2v) is 12.2. The van der Waals surface area contributed by atoms with Crippen LogP contribution in [0.15, 0.2) is 58.4 Å². The van der Waals surface area contributed by atoms with Gasteiger partial charge in [0.15, 0.2) is 5.82 Å². The van der Waals surface area contributed by atoms with Gasteiger partial charge in [0.1, 0.15) is 22.2 Å². The molecule has 0 spiro atoms. The standard InChI is InChI=1S/C25H18Cl2F4N6O5S2/c26-14-1-2-19(15(9-14)18-3-4-33-24(35-18)36-7-5-32-6-8-36)41-20-11-17(28)21(10-16(20)27)44(39,40)37(22-12-43-13-34-22)42-23(38)25(29,30)31/h1-4,9-13,32H,5-8H2. The average molecular weight is 693 g/mol. The van der Waals surface area contributed by atoms with Crippen molar-refractivity contribution in [2.75, 3.05) is 35.5 Å². The summed E-state index contributed by atoms with van der Waals surface area (Å²) in [6.45, 7) is 2.87. The molecule has 0 radical (unpaired) electrons. The summed E-state index contributed by atoms with van der Waals surface area (Å²) in [6.07, 6.45) is -4.01. The largest absolute Gasteiger partial charge is 0.493 e. The molecule has 0 bridgehead atoms. The number of nitrogens with zero attached hydrogens (tertiary/aromatic N) is 5. The van der Waals surface area contributed by atoms with Crippen molar-refractivity contribution in [1.29, 1.82) is 0 Å². The molecule has 19 heteroatoms. The van der Waals surface area contributed by atoms with Crippen molar-refractivity contribution in [2.45, 2.75) is 11.1 Å². The van der Waals surface area contributed by atoms with Gasteiger partial charge in [-0.1, -0.05) is 27.7 Å². The fourth-order valence-corrected chi connectivity index (χ4v) is 6.22. The molecule has 0 atom stereocenters. The number of piperazine rings is 1. The van der Waals surface area contributed by atoms with Crippen molar-refractivity contribution in [1.82, 2.24) is 20.3 Å². The van der Waals surface area contributed by atoms with Gasteiger partial charge in [0.05, 0.1) is 16.2 Å². The van der Waals surface area contributed by atoms with Gasteiger partial charge in [0.2, 0.25) is 5.95 Å². The van der Waals surface area contributed by atoms with E-state index in [1.54, 1.807) is 18.3 Å². The molecule has 0 amide bonds. The number of ether oxygens (including phenoxy) is 1. The Labute approximate surface area is 261 Å². The first kappa shape index (κ1) is 31.6. The van der Waals surface area contributed by atoms with E-state index >= 15 is 4.39 Å². The minimum atomic E-state index is -5.57. The van der Waals surface area contributed by atoms with Crippen molar-refractivity contribution in [3.8, 4) is 22.8 Å². The van der Waals surface area contributed by atoms with E-state index in [0.717, 1.165) is 35.3 Å². The van der Waals surface area contributed by atoms with Crippen molar-refractivity contribution in [3.63, 3.8) is 0 Å². The number of nitrogens with one attached hydrogen (secondary N) is 1. The van der Waals surface area contributed by atoms with Gasteiger partial charge in [0, 0.05) is 54.4 Å². The number of carbonyl (C=O) groups is 1. The van der Waals surface area contributed by atoms with Gasteiger partial charge < -0.3 is 19.8 Å². The molecule has 1 saturated heterocycles. The Kier molecular flexibility index (Phi) is 9.12. The minimum absolute atomic E-state index is 0.111. The third-order valence-electron chi connectivity index (χ3n) is 5.97. The van der Waals surface area contributed by atoms with E-state index in [9.17, 15) is 26.4 Å². The first-order chi connectivity index (χ1) is 20.8. The number of sulfonamides is 1. The van der Waals surface area contributed by atoms with E-state index < -0.39 is 48.2 Å². The second-order valence-electron chi connectivity index (χ2n) is 8.89. The van der Waals surface area contributed by atoms with Gasteiger partial charge in [-0.3, -0.25) is 0 Å². The maximum absolute atomic E-state index is 15.4.